The predicted octanol–water partition coefficient (Wildman–Crippen LogP) is 4.88. The first-order valence-electron chi connectivity index (χ1n) is 10.0. The second kappa shape index (κ2) is 9.55. The number of methoxy groups -OCH3 is 1. The molecule has 2 aromatic heterocycles. The van der Waals surface area contributed by atoms with Crippen LogP contribution in [0.5, 0.6) is 5.75 Å². The molecule has 1 N–H and O–H groups in total. The Kier molecular flexibility index (Phi) is 6.82. The molecule has 0 spiro atoms. The predicted molar refractivity (Wildman–Crippen MR) is 126 cm³/mol. The summed E-state index contributed by atoms with van der Waals surface area (Å²) in [6, 6.07) is 13.6. The lowest BCUT2D eigenvalue weighted by atomic mass is 10.1. The van der Waals surface area contributed by atoms with E-state index in [2.05, 4.69) is 11.4 Å². The molecule has 7 heteroatoms. The molecule has 32 heavy (non-hydrogen) atoms. The van der Waals surface area contributed by atoms with Gasteiger partial charge in [0, 0.05) is 22.8 Å². The fourth-order valence-corrected chi connectivity index (χ4v) is 4.69. The molecule has 162 valence electrons. The molecule has 3 rings (SSSR count). The van der Waals surface area contributed by atoms with Gasteiger partial charge in [-0.3, -0.25) is 4.79 Å². The number of thiophene rings is 1. The zero-order chi connectivity index (χ0) is 23.4. The molecule has 0 radical (unpaired) electrons. The molecule has 1 aromatic carbocycles. The van der Waals surface area contributed by atoms with E-state index in [9.17, 15) is 15.3 Å². The molecule has 2 heterocycles. The van der Waals surface area contributed by atoms with E-state index in [1.807, 2.05) is 68.7 Å². The number of ether oxygens (including phenoxy) is 1. The van der Waals surface area contributed by atoms with E-state index in [4.69, 9.17) is 4.74 Å². The first kappa shape index (κ1) is 22.9. The van der Waals surface area contributed by atoms with Crippen LogP contribution >= 0.6 is 11.3 Å². The fourth-order valence-electron chi connectivity index (χ4n) is 3.47. The second-order valence-electron chi connectivity index (χ2n) is 7.44. The van der Waals surface area contributed by atoms with Gasteiger partial charge in [-0.25, -0.2) is 0 Å². The molecular formula is C25H24N4O2S. The topological polar surface area (TPSA) is 90.8 Å². The van der Waals surface area contributed by atoms with Crippen LogP contribution in [0.4, 0.5) is 0 Å². The van der Waals surface area contributed by atoms with Crippen molar-refractivity contribution in [1.29, 1.82) is 10.5 Å². The maximum Gasteiger partial charge on any atom is 0.262 e. The lowest BCUT2D eigenvalue weighted by Crippen LogP contribution is -2.23. The largest absolute Gasteiger partial charge is 0.497 e. The van der Waals surface area contributed by atoms with Crippen LogP contribution in [0.25, 0.3) is 11.1 Å². The number of hydrogen-bond acceptors (Lipinski definition) is 5. The van der Waals surface area contributed by atoms with Gasteiger partial charge in [0.25, 0.3) is 5.91 Å². The summed E-state index contributed by atoms with van der Waals surface area (Å²) in [6.45, 7) is 8.13. The molecule has 0 unspecified atom stereocenters. The van der Waals surface area contributed by atoms with Crippen molar-refractivity contribution in [2.75, 3.05) is 7.11 Å². The van der Waals surface area contributed by atoms with Crippen molar-refractivity contribution in [1.82, 2.24) is 9.88 Å². The Balaban J connectivity index is 1.87. The maximum absolute atomic E-state index is 12.6. The van der Waals surface area contributed by atoms with Crippen molar-refractivity contribution in [2.24, 2.45) is 0 Å². The summed E-state index contributed by atoms with van der Waals surface area (Å²) in [7, 11) is 1.60. The molecule has 0 aliphatic carbocycles. The van der Waals surface area contributed by atoms with Crippen LogP contribution in [-0.2, 0) is 11.3 Å². The van der Waals surface area contributed by atoms with Gasteiger partial charge in [-0.1, -0.05) is 12.1 Å². The van der Waals surface area contributed by atoms with Gasteiger partial charge >= 0.3 is 0 Å². The van der Waals surface area contributed by atoms with Crippen LogP contribution in [0, 0.1) is 50.4 Å². The van der Waals surface area contributed by atoms with Crippen molar-refractivity contribution >= 4 is 23.3 Å². The standard InChI is InChI=1S/C25H24N4O2S/c1-15-10-20(17(3)29(15)25-23(13-27)16(2)18(4)32-25)11-21(12-26)24(30)28-14-19-6-8-22(31-5)9-7-19/h6-11H,14H2,1-5H3,(H,28,30)/b21-11-. The van der Waals surface area contributed by atoms with E-state index in [0.29, 0.717) is 12.1 Å². The third kappa shape index (κ3) is 4.44. The minimum absolute atomic E-state index is 0.0257. The highest BCUT2D eigenvalue weighted by Gasteiger charge is 2.19. The Labute approximate surface area is 192 Å². The summed E-state index contributed by atoms with van der Waals surface area (Å²) >= 11 is 1.57. The van der Waals surface area contributed by atoms with Crippen LogP contribution in [0.2, 0.25) is 0 Å². The van der Waals surface area contributed by atoms with Crippen LogP contribution in [0.3, 0.4) is 0 Å². The average molecular weight is 445 g/mol. The Bertz CT molecular complexity index is 1280. The zero-order valence-corrected chi connectivity index (χ0v) is 19.6. The van der Waals surface area contributed by atoms with Crippen LogP contribution in [0.1, 0.15) is 38.5 Å². The molecule has 0 aliphatic rings. The number of amides is 1. The molecule has 0 fully saturated rings. The van der Waals surface area contributed by atoms with E-state index in [1.165, 1.54) is 0 Å². The second-order valence-corrected chi connectivity index (χ2v) is 8.64. The average Bonchev–Trinajstić information content (AvgIpc) is 3.23. The van der Waals surface area contributed by atoms with Crippen molar-refractivity contribution in [2.45, 2.75) is 34.2 Å². The number of nitrogens with zero attached hydrogens (tertiary/aromatic N) is 3. The monoisotopic (exact) mass is 444 g/mol. The van der Waals surface area contributed by atoms with Gasteiger partial charge in [0.05, 0.1) is 12.7 Å². The smallest absolute Gasteiger partial charge is 0.262 e. The number of nitriles is 2. The van der Waals surface area contributed by atoms with E-state index in [-0.39, 0.29) is 5.57 Å². The molecule has 0 bridgehead atoms. The Morgan fingerprint density at radius 1 is 1.19 bits per heavy atom. The number of rotatable bonds is 6. The van der Waals surface area contributed by atoms with Gasteiger partial charge in [-0.05, 0) is 68.7 Å². The minimum atomic E-state index is -0.436. The summed E-state index contributed by atoms with van der Waals surface area (Å²) in [4.78, 5) is 13.7. The van der Waals surface area contributed by atoms with Crippen molar-refractivity contribution < 1.29 is 9.53 Å². The van der Waals surface area contributed by atoms with Gasteiger partial charge in [-0.15, -0.1) is 11.3 Å². The number of carbonyl (C=O) groups excluding carboxylic acids is 1. The Hall–Kier alpha value is -3.81. The number of nitrogens with one attached hydrogen (secondary N) is 1. The third-order valence-electron chi connectivity index (χ3n) is 5.43. The lowest BCUT2D eigenvalue weighted by molar-refractivity contribution is -0.117. The van der Waals surface area contributed by atoms with Gasteiger partial charge in [0.15, 0.2) is 0 Å². The maximum atomic E-state index is 12.6. The molecule has 6 nitrogen and oxygen atoms in total. The zero-order valence-electron chi connectivity index (χ0n) is 18.7. The van der Waals surface area contributed by atoms with Crippen molar-refractivity contribution in [3.8, 4) is 22.9 Å². The highest BCUT2D eigenvalue weighted by Crippen LogP contribution is 2.34. The van der Waals surface area contributed by atoms with Gasteiger partial charge in [0.2, 0.25) is 0 Å². The van der Waals surface area contributed by atoms with Crippen LogP contribution in [-0.4, -0.2) is 17.6 Å². The summed E-state index contributed by atoms with van der Waals surface area (Å²) in [5.41, 5.74) is 5.14. The van der Waals surface area contributed by atoms with Gasteiger partial charge < -0.3 is 14.6 Å². The van der Waals surface area contributed by atoms with E-state index >= 15 is 0 Å². The Morgan fingerprint density at radius 2 is 1.88 bits per heavy atom. The highest BCUT2D eigenvalue weighted by atomic mass is 32.1. The van der Waals surface area contributed by atoms with E-state index in [1.54, 1.807) is 24.5 Å². The number of hydrogen-bond donors (Lipinski definition) is 1. The van der Waals surface area contributed by atoms with Crippen molar-refractivity contribution in [3.05, 3.63) is 74.4 Å². The fraction of sp³-hybridized carbons (Fsp3) is 0.240. The molecule has 0 saturated heterocycles. The van der Waals surface area contributed by atoms with E-state index < -0.39 is 5.91 Å². The number of aryl methyl sites for hydroxylation is 2. The molecular weight excluding hydrogens is 420 g/mol. The minimum Gasteiger partial charge on any atom is -0.497 e. The molecule has 0 aliphatic heterocycles. The summed E-state index contributed by atoms with van der Waals surface area (Å²) in [5.74, 6) is 0.303. The molecule has 0 atom stereocenters. The normalized spacial score (nSPS) is 11.0. The number of aromatic nitrogens is 1. The highest BCUT2D eigenvalue weighted by molar-refractivity contribution is 7.14. The molecule has 3 aromatic rings. The van der Waals surface area contributed by atoms with Crippen LogP contribution < -0.4 is 10.1 Å². The molecule has 1 amide bonds. The quantitative estimate of drug-likeness (QED) is 0.433. The first-order chi connectivity index (χ1) is 15.3. The lowest BCUT2D eigenvalue weighted by Gasteiger charge is -2.08. The first-order valence-corrected chi connectivity index (χ1v) is 10.8. The summed E-state index contributed by atoms with van der Waals surface area (Å²) in [6.07, 6.45) is 1.60. The van der Waals surface area contributed by atoms with Gasteiger partial charge in [-0.2, -0.15) is 10.5 Å². The summed E-state index contributed by atoms with van der Waals surface area (Å²) in [5, 5.41) is 22.9. The van der Waals surface area contributed by atoms with Gasteiger partial charge in [0.1, 0.15) is 28.5 Å². The SMILES string of the molecule is COc1ccc(CNC(=O)/C(C#N)=C\c2cc(C)n(-c3sc(C)c(C)c3C#N)c2C)cc1. The number of benzene rings is 1. The summed E-state index contributed by atoms with van der Waals surface area (Å²) < 4.78 is 7.15. The van der Waals surface area contributed by atoms with E-state index in [0.717, 1.165) is 43.7 Å². The van der Waals surface area contributed by atoms with Crippen LogP contribution in [0.15, 0.2) is 35.9 Å². The molecule has 0 saturated carbocycles. The van der Waals surface area contributed by atoms with Crippen molar-refractivity contribution in [3.63, 3.8) is 0 Å². The number of carbonyl (C=O) groups is 1. The Morgan fingerprint density at radius 3 is 2.47 bits per heavy atom. The third-order valence-corrected chi connectivity index (χ3v) is 6.62.